The summed E-state index contributed by atoms with van der Waals surface area (Å²) in [5.41, 5.74) is 9.58. The number of likely N-dealkylation sites (tertiary alicyclic amines) is 1. The third kappa shape index (κ3) is 8.14. The van der Waals surface area contributed by atoms with Gasteiger partial charge in [-0.15, -0.1) is 24.0 Å². The molecule has 1 fully saturated rings. The number of benzene rings is 1. The number of rotatable bonds is 7. The van der Waals surface area contributed by atoms with Crippen molar-refractivity contribution in [2.24, 2.45) is 10.7 Å². The first kappa shape index (κ1) is 22.6. The van der Waals surface area contributed by atoms with E-state index >= 15 is 0 Å². The van der Waals surface area contributed by atoms with Gasteiger partial charge in [0.05, 0.1) is 6.54 Å². The lowest BCUT2D eigenvalue weighted by Crippen LogP contribution is -2.33. The molecular weight excluding hydrogens is 461 g/mol. The first-order valence-corrected chi connectivity index (χ1v) is 10.0. The van der Waals surface area contributed by atoms with Crippen molar-refractivity contribution in [3.8, 4) is 0 Å². The van der Waals surface area contributed by atoms with Gasteiger partial charge >= 0.3 is 0 Å². The number of guanidine groups is 1. The van der Waals surface area contributed by atoms with Gasteiger partial charge in [-0.05, 0) is 49.2 Å². The van der Waals surface area contributed by atoms with Crippen LogP contribution in [-0.4, -0.2) is 35.5 Å². The number of nitrogens with two attached hydrogens (primary N) is 1. The van der Waals surface area contributed by atoms with E-state index in [0.717, 1.165) is 25.2 Å². The summed E-state index contributed by atoms with van der Waals surface area (Å²) in [6, 6.07) is 14.7. The minimum Gasteiger partial charge on any atom is -0.370 e. The van der Waals surface area contributed by atoms with Crippen molar-refractivity contribution in [2.45, 2.75) is 45.2 Å². The summed E-state index contributed by atoms with van der Waals surface area (Å²) >= 11 is 0. The number of nitrogens with one attached hydrogen (secondary N) is 1. The summed E-state index contributed by atoms with van der Waals surface area (Å²) in [4.78, 5) is 11.3. The van der Waals surface area contributed by atoms with Crippen LogP contribution in [-0.2, 0) is 19.5 Å². The molecule has 0 saturated carbocycles. The zero-order chi connectivity index (χ0) is 18.7. The van der Waals surface area contributed by atoms with Crippen LogP contribution in [0.4, 0.5) is 0 Å². The van der Waals surface area contributed by atoms with Crippen LogP contribution in [0.2, 0.25) is 0 Å². The van der Waals surface area contributed by atoms with Crippen LogP contribution >= 0.6 is 24.0 Å². The van der Waals surface area contributed by atoms with Gasteiger partial charge in [-0.2, -0.15) is 0 Å². The number of aliphatic imine (C=N–C) groups is 1. The van der Waals surface area contributed by atoms with Crippen LogP contribution in [0.1, 0.15) is 42.5 Å². The maximum atomic E-state index is 5.97. The van der Waals surface area contributed by atoms with Gasteiger partial charge in [-0.1, -0.05) is 43.2 Å². The largest absolute Gasteiger partial charge is 0.370 e. The predicted molar refractivity (Wildman–Crippen MR) is 127 cm³/mol. The van der Waals surface area contributed by atoms with Gasteiger partial charge in [0, 0.05) is 31.4 Å². The minimum atomic E-state index is 0. The van der Waals surface area contributed by atoms with Gasteiger partial charge in [0.2, 0.25) is 0 Å². The van der Waals surface area contributed by atoms with Crippen LogP contribution in [0.5, 0.6) is 0 Å². The number of pyridine rings is 1. The molecule has 0 unspecified atom stereocenters. The Kier molecular flexibility index (Phi) is 10.3. The number of aromatic nitrogens is 1. The Balaban J connectivity index is 0.00000280. The summed E-state index contributed by atoms with van der Waals surface area (Å²) < 4.78 is 0. The second kappa shape index (κ2) is 12.7. The molecule has 5 nitrogen and oxygen atoms in total. The molecule has 1 aliphatic rings. The summed E-state index contributed by atoms with van der Waals surface area (Å²) in [7, 11) is 0. The topological polar surface area (TPSA) is 66.5 Å². The van der Waals surface area contributed by atoms with Gasteiger partial charge in [0.15, 0.2) is 5.96 Å². The standard InChI is InChI=1S/C22H31N5.HI/c23-22(25-14-12-21-7-3-4-13-24-21)26-17-19-8-10-20(11-9-19)18-27-15-5-1-2-6-16-27;/h3-4,7-11,13H,1-2,5-6,12,14-18H2,(H3,23,25,26);1H. The van der Waals surface area contributed by atoms with Gasteiger partial charge < -0.3 is 11.1 Å². The van der Waals surface area contributed by atoms with E-state index in [0.29, 0.717) is 12.5 Å². The molecule has 0 spiro atoms. The second-order valence-electron chi connectivity index (χ2n) is 7.21. The van der Waals surface area contributed by atoms with E-state index in [9.17, 15) is 0 Å². The molecule has 3 rings (SSSR count). The molecule has 152 valence electrons. The number of halogens is 1. The zero-order valence-corrected chi connectivity index (χ0v) is 18.8. The molecule has 1 aromatic heterocycles. The van der Waals surface area contributed by atoms with Crippen molar-refractivity contribution in [1.82, 2.24) is 15.2 Å². The lowest BCUT2D eigenvalue weighted by Gasteiger charge is -2.19. The van der Waals surface area contributed by atoms with Gasteiger partial charge in [0.25, 0.3) is 0 Å². The van der Waals surface area contributed by atoms with E-state index in [1.54, 1.807) is 0 Å². The Morgan fingerprint density at radius 1 is 1.00 bits per heavy atom. The van der Waals surface area contributed by atoms with Crippen LogP contribution in [0.25, 0.3) is 0 Å². The van der Waals surface area contributed by atoms with E-state index in [1.165, 1.54) is 49.9 Å². The molecule has 1 aromatic carbocycles. The van der Waals surface area contributed by atoms with Crippen molar-refractivity contribution >= 4 is 29.9 Å². The molecule has 0 radical (unpaired) electrons. The molecule has 0 amide bonds. The Morgan fingerprint density at radius 3 is 2.39 bits per heavy atom. The molecule has 0 bridgehead atoms. The third-order valence-electron chi connectivity index (χ3n) is 4.97. The zero-order valence-electron chi connectivity index (χ0n) is 16.5. The van der Waals surface area contributed by atoms with E-state index in [4.69, 9.17) is 5.73 Å². The third-order valence-corrected chi connectivity index (χ3v) is 4.97. The highest BCUT2D eigenvalue weighted by atomic mass is 127. The Hall–Kier alpha value is -1.67. The molecule has 2 heterocycles. The van der Waals surface area contributed by atoms with Crippen LogP contribution in [0.3, 0.4) is 0 Å². The van der Waals surface area contributed by atoms with E-state index in [2.05, 4.69) is 44.5 Å². The van der Waals surface area contributed by atoms with Crippen LogP contribution < -0.4 is 11.1 Å². The summed E-state index contributed by atoms with van der Waals surface area (Å²) in [6.07, 6.45) is 8.07. The molecule has 3 N–H and O–H groups in total. The molecule has 2 aromatic rings. The maximum Gasteiger partial charge on any atom is 0.188 e. The summed E-state index contributed by atoms with van der Waals surface area (Å²) in [6.45, 7) is 4.85. The normalized spacial score (nSPS) is 15.5. The lowest BCUT2D eigenvalue weighted by molar-refractivity contribution is 0.277. The molecule has 6 heteroatoms. The number of hydrogen-bond donors (Lipinski definition) is 2. The van der Waals surface area contributed by atoms with Crippen molar-refractivity contribution < 1.29 is 0 Å². The highest BCUT2D eigenvalue weighted by Gasteiger charge is 2.09. The highest BCUT2D eigenvalue weighted by molar-refractivity contribution is 14.0. The number of hydrogen-bond acceptors (Lipinski definition) is 3. The fourth-order valence-electron chi connectivity index (χ4n) is 3.40. The Morgan fingerprint density at radius 2 is 1.71 bits per heavy atom. The number of nitrogens with zero attached hydrogens (tertiary/aromatic N) is 3. The molecule has 1 aliphatic heterocycles. The molecule has 28 heavy (non-hydrogen) atoms. The van der Waals surface area contributed by atoms with Crippen molar-refractivity contribution in [3.05, 3.63) is 65.5 Å². The van der Waals surface area contributed by atoms with E-state index in [-0.39, 0.29) is 24.0 Å². The molecule has 0 aliphatic carbocycles. The van der Waals surface area contributed by atoms with Gasteiger partial charge in [-0.25, -0.2) is 4.99 Å². The summed E-state index contributed by atoms with van der Waals surface area (Å²) in [5, 5.41) is 3.15. The quantitative estimate of drug-likeness (QED) is 0.351. The molecule has 0 atom stereocenters. The van der Waals surface area contributed by atoms with Crippen molar-refractivity contribution in [3.63, 3.8) is 0 Å². The molecule has 1 saturated heterocycles. The monoisotopic (exact) mass is 493 g/mol. The first-order valence-electron chi connectivity index (χ1n) is 10.0. The Labute approximate surface area is 185 Å². The average molecular weight is 493 g/mol. The van der Waals surface area contributed by atoms with E-state index < -0.39 is 0 Å². The minimum absolute atomic E-state index is 0. The average Bonchev–Trinajstić information content (AvgIpc) is 2.97. The Bertz CT molecular complexity index is 695. The fraction of sp³-hybridized carbons (Fsp3) is 0.455. The van der Waals surface area contributed by atoms with Crippen molar-refractivity contribution in [1.29, 1.82) is 0 Å². The van der Waals surface area contributed by atoms with Gasteiger partial charge in [-0.3, -0.25) is 9.88 Å². The smallest absolute Gasteiger partial charge is 0.188 e. The summed E-state index contributed by atoms with van der Waals surface area (Å²) in [5.74, 6) is 0.486. The maximum absolute atomic E-state index is 5.97. The van der Waals surface area contributed by atoms with Gasteiger partial charge in [0.1, 0.15) is 0 Å². The first-order chi connectivity index (χ1) is 13.3. The highest BCUT2D eigenvalue weighted by Crippen LogP contribution is 2.14. The van der Waals surface area contributed by atoms with Crippen LogP contribution in [0, 0.1) is 0 Å². The fourth-order valence-corrected chi connectivity index (χ4v) is 3.40. The SMILES string of the molecule is I.NC(=NCc1ccc(CN2CCCCCC2)cc1)NCCc1ccccn1. The molecular formula is C22H32IN5. The second-order valence-corrected chi connectivity index (χ2v) is 7.21. The lowest BCUT2D eigenvalue weighted by atomic mass is 10.1. The predicted octanol–water partition coefficient (Wildman–Crippen LogP) is 3.72. The van der Waals surface area contributed by atoms with Crippen molar-refractivity contribution in [2.75, 3.05) is 19.6 Å². The van der Waals surface area contributed by atoms with Crippen LogP contribution in [0.15, 0.2) is 53.7 Å². The van der Waals surface area contributed by atoms with E-state index in [1.807, 2.05) is 24.4 Å².